The van der Waals surface area contributed by atoms with Crippen molar-refractivity contribution < 1.29 is 9.47 Å². The van der Waals surface area contributed by atoms with Gasteiger partial charge in [-0.3, -0.25) is 0 Å². The Hall–Kier alpha value is -1.81. The summed E-state index contributed by atoms with van der Waals surface area (Å²) >= 11 is 6.11. The van der Waals surface area contributed by atoms with Crippen LogP contribution in [0.15, 0.2) is 18.2 Å². The number of ether oxygens (including phenoxy) is 2. The van der Waals surface area contributed by atoms with Crippen molar-refractivity contribution in [1.82, 2.24) is 9.97 Å². The lowest BCUT2D eigenvalue weighted by molar-refractivity contribution is 0.171. The SMILES string of the molecule is Cc1nc(-c2ccc3c(c2)OCCO3)nc(Cl)c1C. The molecule has 0 radical (unpaired) electrons. The van der Waals surface area contributed by atoms with Gasteiger partial charge in [0, 0.05) is 16.8 Å². The standard InChI is InChI=1S/C14H13ClN2O2/c1-8-9(2)16-14(17-13(8)15)10-3-4-11-12(7-10)19-6-5-18-11/h3-4,7H,5-6H2,1-2H3. The molecule has 5 heteroatoms. The molecule has 0 aliphatic carbocycles. The number of hydrogen-bond acceptors (Lipinski definition) is 4. The van der Waals surface area contributed by atoms with Crippen LogP contribution in [0.2, 0.25) is 5.15 Å². The van der Waals surface area contributed by atoms with Crippen molar-refractivity contribution in [1.29, 1.82) is 0 Å². The maximum Gasteiger partial charge on any atom is 0.162 e. The second kappa shape index (κ2) is 4.70. The Morgan fingerprint density at radius 3 is 2.53 bits per heavy atom. The molecule has 1 aliphatic rings. The number of aryl methyl sites for hydroxylation is 1. The molecule has 2 heterocycles. The second-order valence-corrected chi connectivity index (χ2v) is 4.76. The highest BCUT2D eigenvalue weighted by atomic mass is 35.5. The monoisotopic (exact) mass is 276 g/mol. The summed E-state index contributed by atoms with van der Waals surface area (Å²) in [5.74, 6) is 2.08. The van der Waals surface area contributed by atoms with Gasteiger partial charge in [-0.1, -0.05) is 11.6 Å². The van der Waals surface area contributed by atoms with E-state index in [4.69, 9.17) is 21.1 Å². The average Bonchev–Trinajstić information content (AvgIpc) is 2.43. The minimum absolute atomic E-state index is 0.484. The zero-order valence-corrected chi connectivity index (χ0v) is 11.5. The van der Waals surface area contributed by atoms with Crippen LogP contribution in [-0.2, 0) is 0 Å². The molecular formula is C14H13ClN2O2. The van der Waals surface area contributed by atoms with E-state index >= 15 is 0 Å². The first-order valence-electron chi connectivity index (χ1n) is 6.06. The van der Waals surface area contributed by atoms with Gasteiger partial charge >= 0.3 is 0 Å². The van der Waals surface area contributed by atoms with E-state index in [1.54, 1.807) is 0 Å². The molecule has 0 saturated carbocycles. The molecule has 2 aromatic rings. The summed E-state index contributed by atoms with van der Waals surface area (Å²) in [4.78, 5) is 8.77. The first kappa shape index (κ1) is 12.2. The van der Waals surface area contributed by atoms with Gasteiger partial charge in [-0.25, -0.2) is 9.97 Å². The molecule has 0 fully saturated rings. The fraction of sp³-hybridized carbons (Fsp3) is 0.286. The number of rotatable bonds is 1. The zero-order chi connectivity index (χ0) is 13.4. The van der Waals surface area contributed by atoms with Gasteiger partial charge in [0.2, 0.25) is 0 Å². The smallest absolute Gasteiger partial charge is 0.162 e. The summed E-state index contributed by atoms with van der Waals surface area (Å²) in [6, 6.07) is 5.67. The van der Waals surface area contributed by atoms with Gasteiger partial charge in [-0.2, -0.15) is 0 Å². The van der Waals surface area contributed by atoms with Crippen LogP contribution in [0.3, 0.4) is 0 Å². The molecule has 1 aromatic carbocycles. The third-order valence-electron chi connectivity index (χ3n) is 3.13. The Labute approximate surface area is 116 Å². The van der Waals surface area contributed by atoms with Crippen LogP contribution in [-0.4, -0.2) is 23.2 Å². The maximum absolute atomic E-state index is 6.11. The normalized spacial score (nSPS) is 13.4. The number of benzene rings is 1. The molecule has 0 unspecified atom stereocenters. The molecule has 0 N–H and O–H groups in total. The molecule has 0 saturated heterocycles. The maximum atomic E-state index is 6.11. The summed E-state index contributed by atoms with van der Waals surface area (Å²) in [5.41, 5.74) is 2.65. The molecular weight excluding hydrogens is 264 g/mol. The Bertz CT molecular complexity index is 620. The van der Waals surface area contributed by atoms with Crippen LogP contribution in [0.4, 0.5) is 0 Å². The number of halogens is 1. The van der Waals surface area contributed by atoms with Crippen LogP contribution in [0.1, 0.15) is 11.3 Å². The molecule has 1 aliphatic heterocycles. The van der Waals surface area contributed by atoms with Gasteiger partial charge in [-0.05, 0) is 32.0 Å². The van der Waals surface area contributed by atoms with Gasteiger partial charge in [0.1, 0.15) is 18.4 Å². The molecule has 98 valence electrons. The van der Waals surface area contributed by atoms with E-state index in [0.717, 1.165) is 28.3 Å². The highest BCUT2D eigenvalue weighted by Crippen LogP contribution is 2.34. The lowest BCUT2D eigenvalue weighted by Crippen LogP contribution is -2.15. The first-order chi connectivity index (χ1) is 9.15. The second-order valence-electron chi connectivity index (χ2n) is 4.41. The predicted molar refractivity (Wildman–Crippen MR) is 72.9 cm³/mol. The minimum atomic E-state index is 0.484. The van der Waals surface area contributed by atoms with Crippen molar-refractivity contribution in [2.75, 3.05) is 13.2 Å². The van der Waals surface area contributed by atoms with Crippen molar-refractivity contribution in [2.45, 2.75) is 13.8 Å². The molecule has 0 bridgehead atoms. The lowest BCUT2D eigenvalue weighted by Gasteiger charge is -2.18. The molecule has 0 spiro atoms. The van der Waals surface area contributed by atoms with E-state index in [2.05, 4.69) is 9.97 Å². The number of hydrogen-bond donors (Lipinski definition) is 0. The van der Waals surface area contributed by atoms with Gasteiger partial charge < -0.3 is 9.47 Å². The van der Waals surface area contributed by atoms with Crippen molar-refractivity contribution in [3.63, 3.8) is 0 Å². The Morgan fingerprint density at radius 2 is 1.79 bits per heavy atom. The largest absolute Gasteiger partial charge is 0.486 e. The highest BCUT2D eigenvalue weighted by molar-refractivity contribution is 6.30. The molecule has 3 rings (SSSR count). The van der Waals surface area contributed by atoms with Crippen LogP contribution in [0.25, 0.3) is 11.4 Å². The summed E-state index contributed by atoms with van der Waals surface area (Å²) in [5, 5.41) is 0.484. The van der Waals surface area contributed by atoms with Crippen molar-refractivity contribution in [3.05, 3.63) is 34.6 Å². The van der Waals surface area contributed by atoms with Crippen molar-refractivity contribution in [3.8, 4) is 22.9 Å². The average molecular weight is 277 g/mol. The zero-order valence-electron chi connectivity index (χ0n) is 10.7. The first-order valence-corrected chi connectivity index (χ1v) is 6.44. The van der Waals surface area contributed by atoms with Gasteiger partial charge in [-0.15, -0.1) is 0 Å². The summed E-state index contributed by atoms with van der Waals surface area (Å²) < 4.78 is 11.0. The Balaban J connectivity index is 2.07. The van der Waals surface area contributed by atoms with Crippen molar-refractivity contribution >= 4 is 11.6 Å². The summed E-state index contributed by atoms with van der Waals surface area (Å²) in [6.07, 6.45) is 0. The quantitative estimate of drug-likeness (QED) is 0.751. The third-order valence-corrected chi connectivity index (χ3v) is 3.50. The Morgan fingerprint density at radius 1 is 1.05 bits per heavy atom. The van der Waals surface area contributed by atoms with Gasteiger partial charge in [0.15, 0.2) is 17.3 Å². The predicted octanol–water partition coefficient (Wildman–Crippen LogP) is 3.19. The Kier molecular flexibility index (Phi) is 3.03. The number of fused-ring (bicyclic) bond motifs is 1. The van der Waals surface area contributed by atoms with Crippen molar-refractivity contribution in [2.24, 2.45) is 0 Å². The fourth-order valence-electron chi connectivity index (χ4n) is 1.91. The molecule has 0 atom stereocenters. The molecule has 4 nitrogen and oxygen atoms in total. The van der Waals surface area contributed by atoms with Gasteiger partial charge in [0.25, 0.3) is 0 Å². The molecule has 0 amide bonds. The van der Waals surface area contributed by atoms with Gasteiger partial charge in [0.05, 0.1) is 0 Å². The third kappa shape index (κ3) is 2.24. The number of aromatic nitrogens is 2. The fourth-order valence-corrected chi connectivity index (χ4v) is 2.12. The van der Waals surface area contributed by atoms with Crippen LogP contribution >= 0.6 is 11.6 Å². The molecule has 19 heavy (non-hydrogen) atoms. The lowest BCUT2D eigenvalue weighted by atomic mass is 10.1. The van der Waals surface area contributed by atoms with E-state index in [1.807, 2.05) is 32.0 Å². The van der Waals surface area contributed by atoms with E-state index in [-0.39, 0.29) is 0 Å². The molecule has 1 aromatic heterocycles. The van der Waals surface area contributed by atoms with E-state index in [0.29, 0.717) is 24.2 Å². The van der Waals surface area contributed by atoms with Crippen LogP contribution < -0.4 is 9.47 Å². The van der Waals surface area contributed by atoms with E-state index in [9.17, 15) is 0 Å². The van der Waals surface area contributed by atoms with Crippen LogP contribution in [0.5, 0.6) is 11.5 Å². The topological polar surface area (TPSA) is 44.2 Å². The summed E-state index contributed by atoms with van der Waals surface area (Å²) in [7, 11) is 0. The number of nitrogens with zero attached hydrogens (tertiary/aromatic N) is 2. The van der Waals surface area contributed by atoms with E-state index in [1.165, 1.54) is 0 Å². The summed E-state index contributed by atoms with van der Waals surface area (Å²) in [6.45, 7) is 4.97. The van der Waals surface area contributed by atoms with E-state index < -0.39 is 0 Å². The van der Waals surface area contributed by atoms with Crippen LogP contribution in [0, 0.1) is 13.8 Å². The highest BCUT2D eigenvalue weighted by Gasteiger charge is 2.14. The minimum Gasteiger partial charge on any atom is -0.486 e.